The Hall–Kier alpha value is -3.06. The second-order valence-corrected chi connectivity index (χ2v) is 6.86. The van der Waals surface area contributed by atoms with E-state index < -0.39 is 5.97 Å². The number of nitrogens with zero attached hydrogens (tertiary/aromatic N) is 3. The number of aromatic nitrogens is 3. The third kappa shape index (κ3) is 5.01. The molecule has 0 unspecified atom stereocenters. The number of benzene rings is 2. The molecule has 0 aliphatic rings. The normalized spacial score (nSPS) is 11.3. The molecule has 0 saturated carbocycles. The van der Waals surface area contributed by atoms with Crippen molar-refractivity contribution in [3.05, 3.63) is 83.9 Å². The van der Waals surface area contributed by atoms with Gasteiger partial charge in [-0.05, 0) is 16.7 Å². The summed E-state index contributed by atoms with van der Waals surface area (Å²) in [6.07, 6.45) is 3.09. The van der Waals surface area contributed by atoms with Gasteiger partial charge in [-0.15, -0.1) is 5.10 Å². The number of methoxy groups -OCH3 is 2. The van der Waals surface area contributed by atoms with Gasteiger partial charge in [0.1, 0.15) is 11.9 Å². The summed E-state index contributed by atoms with van der Waals surface area (Å²) in [7, 11) is 2.85. The van der Waals surface area contributed by atoms with E-state index in [9.17, 15) is 4.79 Å². The fourth-order valence-corrected chi connectivity index (χ4v) is 3.46. The fraction of sp³-hybridized carbons (Fsp3) is 0.190. The Labute approximate surface area is 168 Å². The Kier molecular flexibility index (Phi) is 6.86. The van der Waals surface area contributed by atoms with Crippen LogP contribution in [-0.2, 0) is 26.6 Å². The Balaban J connectivity index is 1.75. The lowest BCUT2D eigenvalue weighted by atomic mass is 10.0. The third-order valence-electron chi connectivity index (χ3n) is 4.01. The van der Waals surface area contributed by atoms with E-state index in [-0.39, 0.29) is 0 Å². The van der Waals surface area contributed by atoms with E-state index in [1.807, 2.05) is 42.5 Å². The number of rotatable bonds is 8. The van der Waals surface area contributed by atoms with Gasteiger partial charge in [-0.3, -0.25) is 0 Å². The number of carbonyl (C=O) groups is 1. The van der Waals surface area contributed by atoms with Gasteiger partial charge in [0.2, 0.25) is 5.16 Å². The zero-order valence-corrected chi connectivity index (χ0v) is 16.6. The van der Waals surface area contributed by atoms with Gasteiger partial charge in [0, 0.05) is 5.75 Å². The highest BCUT2D eigenvalue weighted by atomic mass is 32.2. The van der Waals surface area contributed by atoms with Crippen LogP contribution in [-0.4, -0.2) is 35.0 Å². The quantitative estimate of drug-likeness (QED) is 0.250. The highest BCUT2D eigenvalue weighted by Crippen LogP contribution is 2.23. The maximum Gasteiger partial charge on any atom is 0.341 e. The molecule has 3 rings (SSSR count). The van der Waals surface area contributed by atoms with Crippen LogP contribution >= 0.6 is 11.8 Å². The molecule has 6 nitrogen and oxygen atoms in total. The van der Waals surface area contributed by atoms with Crippen molar-refractivity contribution < 1.29 is 14.3 Å². The molecule has 0 N–H and O–H groups in total. The molecule has 0 radical (unpaired) electrons. The zero-order valence-electron chi connectivity index (χ0n) is 15.7. The molecule has 2 aromatic carbocycles. The Morgan fingerprint density at radius 3 is 2.61 bits per heavy atom. The molecular weight excluding hydrogens is 374 g/mol. The average molecular weight is 395 g/mol. The van der Waals surface area contributed by atoms with E-state index in [1.165, 1.54) is 26.0 Å². The van der Waals surface area contributed by atoms with Crippen molar-refractivity contribution in [2.45, 2.75) is 17.5 Å². The molecule has 0 amide bonds. The fourth-order valence-electron chi connectivity index (χ4n) is 2.69. The Morgan fingerprint density at radius 2 is 1.86 bits per heavy atom. The van der Waals surface area contributed by atoms with Crippen molar-refractivity contribution in [1.82, 2.24) is 14.8 Å². The van der Waals surface area contributed by atoms with Crippen LogP contribution in [0.2, 0.25) is 0 Å². The Morgan fingerprint density at radius 1 is 1.11 bits per heavy atom. The molecule has 0 atom stereocenters. The molecule has 0 fully saturated rings. The molecule has 7 heteroatoms. The summed E-state index contributed by atoms with van der Waals surface area (Å²) >= 11 is 1.58. The summed E-state index contributed by atoms with van der Waals surface area (Å²) in [5, 5.41) is 5.24. The van der Waals surface area contributed by atoms with Crippen molar-refractivity contribution in [1.29, 1.82) is 0 Å². The molecule has 0 saturated heterocycles. The summed E-state index contributed by atoms with van der Waals surface area (Å²) in [5.74, 6) is 0.358. The summed E-state index contributed by atoms with van der Waals surface area (Å²) in [6, 6.07) is 17.8. The SMILES string of the molecule is CO/C=C(\C(=O)OC)c1ccccc1Cn1cnc(SCc2ccccc2)n1. The smallest absolute Gasteiger partial charge is 0.341 e. The molecule has 0 bridgehead atoms. The highest BCUT2D eigenvalue weighted by molar-refractivity contribution is 7.98. The minimum absolute atomic E-state index is 0.361. The van der Waals surface area contributed by atoms with Crippen LogP contribution < -0.4 is 0 Å². The van der Waals surface area contributed by atoms with Gasteiger partial charge < -0.3 is 9.47 Å². The molecule has 0 aliphatic heterocycles. The van der Waals surface area contributed by atoms with Crippen molar-refractivity contribution in [3.63, 3.8) is 0 Å². The number of esters is 1. The van der Waals surface area contributed by atoms with Crippen LogP contribution in [0.4, 0.5) is 0 Å². The zero-order chi connectivity index (χ0) is 19.8. The molecule has 1 heterocycles. The summed E-state index contributed by atoms with van der Waals surface area (Å²) < 4.78 is 11.7. The van der Waals surface area contributed by atoms with E-state index >= 15 is 0 Å². The topological polar surface area (TPSA) is 66.2 Å². The van der Waals surface area contributed by atoms with E-state index in [0.717, 1.165) is 16.9 Å². The molecule has 1 aromatic heterocycles. The van der Waals surface area contributed by atoms with Gasteiger partial charge in [-0.2, -0.15) is 0 Å². The first-order valence-corrected chi connectivity index (χ1v) is 9.65. The van der Waals surface area contributed by atoms with Crippen LogP contribution in [0.3, 0.4) is 0 Å². The minimum atomic E-state index is -0.452. The largest absolute Gasteiger partial charge is 0.503 e. The summed E-state index contributed by atoms with van der Waals surface area (Å²) in [5.41, 5.74) is 3.24. The summed E-state index contributed by atoms with van der Waals surface area (Å²) in [6.45, 7) is 0.479. The van der Waals surface area contributed by atoms with Crippen LogP contribution in [0.1, 0.15) is 16.7 Å². The van der Waals surface area contributed by atoms with E-state index in [4.69, 9.17) is 9.47 Å². The predicted octanol–water partition coefficient (Wildman–Crippen LogP) is 3.78. The van der Waals surface area contributed by atoms with E-state index in [1.54, 1.807) is 22.8 Å². The number of thioether (sulfide) groups is 1. The third-order valence-corrected chi connectivity index (χ3v) is 4.93. The standard InChI is InChI=1S/C21H21N3O3S/c1-26-13-19(20(25)27-2)18-11-7-6-10-17(18)12-24-15-22-21(23-24)28-14-16-8-4-3-5-9-16/h3-11,13,15H,12,14H2,1-2H3/b19-13-. The van der Waals surface area contributed by atoms with Gasteiger partial charge in [0.15, 0.2) is 0 Å². The lowest BCUT2D eigenvalue weighted by Crippen LogP contribution is -2.09. The first-order chi connectivity index (χ1) is 13.7. The van der Waals surface area contributed by atoms with Crippen molar-refractivity contribution >= 4 is 23.3 Å². The number of carbonyl (C=O) groups excluding carboxylic acids is 1. The minimum Gasteiger partial charge on any atom is -0.503 e. The predicted molar refractivity (Wildman–Crippen MR) is 109 cm³/mol. The lowest BCUT2D eigenvalue weighted by molar-refractivity contribution is -0.133. The lowest BCUT2D eigenvalue weighted by Gasteiger charge is -2.11. The first-order valence-electron chi connectivity index (χ1n) is 8.67. The molecule has 0 aliphatic carbocycles. The van der Waals surface area contributed by atoms with E-state index in [2.05, 4.69) is 22.2 Å². The molecule has 3 aromatic rings. The Bertz CT molecular complexity index is 954. The highest BCUT2D eigenvalue weighted by Gasteiger charge is 2.17. The number of ether oxygens (including phenoxy) is 2. The van der Waals surface area contributed by atoms with Crippen molar-refractivity contribution in [3.8, 4) is 0 Å². The van der Waals surface area contributed by atoms with Crippen LogP contribution in [0.25, 0.3) is 5.57 Å². The summed E-state index contributed by atoms with van der Waals surface area (Å²) in [4.78, 5) is 16.5. The van der Waals surface area contributed by atoms with E-state index in [0.29, 0.717) is 17.3 Å². The number of hydrogen-bond acceptors (Lipinski definition) is 6. The molecular formula is C21H21N3O3S. The van der Waals surface area contributed by atoms with Gasteiger partial charge in [-0.1, -0.05) is 66.4 Å². The number of hydrogen-bond donors (Lipinski definition) is 0. The molecule has 144 valence electrons. The maximum atomic E-state index is 12.1. The van der Waals surface area contributed by atoms with Crippen LogP contribution in [0.5, 0.6) is 0 Å². The molecule has 0 spiro atoms. The van der Waals surface area contributed by atoms with Crippen molar-refractivity contribution in [2.75, 3.05) is 14.2 Å². The van der Waals surface area contributed by atoms with Crippen LogP contribution in [0.15, 0.2) is 72.3 Å². The monoisotopic (exact) mass is 395 g/mol. The second-order valence-electron chi connectivity index (χ2n) is 5.91. The average Bonchev–Trinajstić information content (AvgIpc) is 3.19. The van der Waals surface area contributed by atoms with Crippen LogP contribution in [0, 0.1) is 0 Å². The molecule has 28 heavy (non-hydrogen) atoms. The van der Waals surface area contributed by atoms with Crippen molar-refractivity contribution in [2.24, 2.45) is 0 Å². The van der Waals surface area contributed by atoms with Gasteiger partial charge in [0.25, 0.3) is 0 Å². The van der Waals surface area contributed by atoms with Gasteiger partial charge in [-0.25, -0.2) is 14.5 Å². The van der Waals surface area contributed by atoms with Gasteiger partial charge >= 0.3 is 5.97 Å². The maximum absolute atomic E-state index is 12.1. The van der Waals surface area contributed by atoms with Gasteiger partial charge in [0.05, 0.1) is 27.0 Å². The second kappa shape index (κ2) is 9.75. The first kappa shape index (κ1) is 19.7.